The maximum absolute atomic E-state index is 8.96. The highest BCUT2D eigenvalue weighted by molar-refractivity contribution is 7.07. The zero-order chi connectivity index (χ0) is 12.1. The molecule has 0 fully saturated rings. The van der Waals surface area contributed by atoms with Crippen LogP contribution in [0.3, 0.4) is 0 Å². The van der Waals surface area contributed by atoms with Crippen molar-refractivity contribution in [3.05, 3.63) is 52.3 Å². The van der Waals surface area contributed by atoms with Crippen molar-refractivity contribution < 1.29 is 5.11 Å². The summed E-state index contributed by atoms with van der Waals surface area (Å²) in [5.41, 5.74) is 1.21. The standard InChI is InChI=1S/C13H16N2OS/c1-11(12-5-3-2-4-6-12)14-13-15(7-9-16)8-10-17-13/h2-6,8,10-11,16H,7,9H2,1H3. The van der Waals surface area contributed by atoms with Gasteiger partial charge in [0.05, 0.1) is 12.6 Å². The Morgan fingerprint density at radius 2 is 2.12 bits per heavy atom. The first-order chi connectivity index (χ1) is 8.31. The Bertz CT molecular complexity index is 515. The Morgan fingerprint density at radius 1 is 1.35 bits per heavy atom. The van der Waals surface area contributed by atoms with Crippen molar-refractivity contribution in [3.63, 3.8) is 0 Å². The highest BCUT2D eigenvalue weighted by Gasteiger charge is 2.02. The number of nitrogens with zero attached hydrogens (tertiary/aromatic N) is 2. The van der Waals surface area contributed by atoms with Crippen molar-refractivity contribution >= 4 is 11.3 Å². The molecule has 0 radical (unpaired) electrons. The van der Waals surface area contributed by atoms with Crippen LogP contribution in [-0.4, -0.2) is 16.3 Å². The van der Waals surface area contributed by atoms with Crippen molar-refractivity contribution in [2.24, 2.45) is 4.99 Å². The van der Waals surface area contributed by atoms with Crippen LogP contribution < -0.4 is 4.80 Å². The Labute approximate surface area is 105 Å². The first-order valence-electron chi connectivity index (χ1n) is 5.65. The van der Waals surface area contributed by atoms with Crippen LogP contribution in [0.1, 0.15) is 18.5 Å². The molecular formula is C13H16N2OS. The number of rotatable bonds is 4. The van der Waals surface area contributed by atoms with E-state index in [2.05, 4.69) is 24.0 Å². The molecule has 1 heterocycles. The Balaban J connectivity index is 2.27. The Kier molecular flexibility index (Phi) is 4.12. The van der Waals surface area contributed by atoms with E-state index in [1.165, 1.54) is 5.56 Å². The number of benzene rings is 1. The fourth-order valence-electron chi connectivity index (χ4n) is 1.65. The van der Waals surface area contributed by atoms with Gasteiger partial charge in [0.1, 0.15) is 0 Å². The van der Waals surface area contributed by atoms with Gasteiger partial charge in [-0.2, -0.15) is 0 Å². The molecule has 4 heteroatoms. The van der Waals surface area contributed by atoms with E-state index >= 15 is 0 Å². The first-order valence-corrected chi connectivity index (χ1v) is 6.53. The van der Waals surface area contributed by atoms with Crippen LogP contribution in [0, 0.1) is 0 Å². The van der Waals surface area contributed by atoms with Crippen LogP contribution in [0.15, 0.2) is 46.9 Å². The van der Waals surface area contributed by atoms with Gasteiger partial charge in [-0.3, -0.25) is 4.99 Å². The second-order valence-electron chi connectivity index (χ2n) is 3.82. The van der Waals surface area contributed by atoms with Gasteiger partial charge in [0.2, 0.25) is 0 Å². The molecule has 2 rings (SSSR count). The minimum atomic E-state index is 0.139. The lowest BCUT2D eigenvalue weighted by Crippen LogP contribution is -2.17. The lowest BCUT2D eigenvalue weighted by atomic mass is 10.1. The minimum absolute atomic E-state index is 0.139. The van der Waals surface area contributed by atoms with Crippen LogP contribution in [0.2, 0.25) is 0 Å². The third-order valence-corrected chi connectivity index (χ3v) is 3.40. The quantitative estimate of drug-likeness (QED) is 0.885. The van der Waals surface area contributed by atoms with Crippen LogP contribution in [0.5, 0.6) is 0 Å². The maximum atomic E-state index is 8.96. The number of aromatic nitrogens is 1. The number of aliphatic hydroxyl groups excluding tert-OH is 1. The van der Waals surface area contributed by atoms with Crippen molar-refractivity contribution in [3.8, 4) is 0 Å². The summed E-state index contributed by atoms with van der Waals surface area (Å²) >= 11 is 1.60. The molecular weight excluding hydrogens is 232 g/mol. The van der Waals surface area contributed by atoms with Gasteiger partial charge in [0.15, 0.2) is 4.80 Å². The van der Waals surface area contributed by atoms with Crippen molar-refractivity contribution in [2.45, 2.75) is 19.5 Å². The van der Waals surface area contributed by atoms with Crippen molar-refractivity contribution in [1.82, 2.24) is 4.57 Å². The summed E-state index contributed by atoms with van der Waals surface area (Å²) in [7, 11) is 0. The predicted molar refractivity (Wildman–Crippen MR) is 69.8 cm³/mol. The molecule has 0 spiro atoms. The van der Waals surface area contributed by atoms with E-state index in [9.17, 15) is 0 Å². The smallest absolute Gasteiger partial charge is 0.185 e. The van der Waals surface area contributed by atoms with Gasteiger partial charge in [-0.15, -0.1) is 11.3 Å². The molecule has 2 aromatic rings. The Morgan fingerprint density at radius 3 is 2.82 bits per heavy atom. The molecule has 0 amide bonds. The fraction of sp³-hybridized carbons (Fsp3) is 0.308. The molecule has 0 saturated heterocycles. The summed E-state index contributed by atoms with van der Waals surface area (Å²) in [5, 5.41) is 10.9. The molecule has 0 aliphatic rings. The molecule has 1 unspecified atom stereocenters. The number of hydrogen-bond acceptors (Lipinski definition) is 3. The average Bonchev–Trinajstić information content (AvgIpc) is 2.78. The average molecular weight is 248 g/mol. The second kappa shape index (κ2) is 5.80. The number of thiazole rings is 1. The first kappa shape index (κ1) is 12.1. The van der Waals surface area contributed by atoms with Gasteiger partial charge in [0.25, 0.3) is 0 Å². The molecule has 0 aliphatic carbocycles. The summed E-state index contributed by atoms with van der Waals surface area (Å²) in [6, 6.07) is 10.4. The number of hydrogen-bond donors (Lipinski definition) is 1. The summed E-state index contributed by atoms with van der Waals surface area (Å²) in [6.07, 6.45) is 1.96. The topological polar surface area (TPSA) is 37.5 Å². The van der Waals surface area contributed by atoms with Crippen molar-refractivity contribution in [1.29, 1.82) is 0 Å². The molecule has 0 saturated carbocycles. The summed E-state index contributed by atoms with van der Waals surface area (Å²) in [5.74, 6) is 0. The monoisotopic (exact) mass is 248 g/mol. The Hall–Kier alpha value is -1.39. The van der Waals surface area contributed by atoms with E-state index in [0.29, 0.717) is 6.54 Å². The largest absolute Gasteiger partial charge is 0.395 e. The molecule has 0 aliphatic heterocycles. The van der Waals surface area contributed by atoms with Gasteiger partial charge in [0, 0.05) is 18.1 Å². The molecule has 90 valence electrons. The van der Waals surface area contributed by atoms with Crippen LogP contribution >= 0.6 is 11.3 Å². The summed E-state index contributed by atoms with van der Waals surface area (Å²) < 4.78 is 1.98. The molecule has 0 bridgehead atoms. The fourth-order valence-corrected chi connectivity index (χ4v) is 2.49. The van der Waals surface area contributed by atoms with Crippen LogP contribution in [-0.2, 0) is 6.54 Å². The third kappa shape index (κ3) is 3.05. The minimum Gasteiger partial charge on any atom is -0.395 e. The maximum Gasteiger partial charge on any atom is 0.185 e. The molecule has 3 nitrogen and oxygen atoms in total. The highest BCUT2D eigenvalue weighted by Crippen LogP contribution is 2.14. The van der Waals surface area contributed by atoms with Gasteiger partial charge in [-0.25, -0.2) is 0 Å². The van der Waals surface area contributed by atoms with E-state index in [1.54, 1.807) is 11.3 Å². The third-order valence-electron chi connectivity index (χ3n) is 2.59. The van der Waals surface area contributed by atoms with E-state index in [-0.39, 0.29) is 12.6 Å². The van der Waals surface area contributed by atoms with E-state index in [0.717, 1.165) is 4.80 Å². The SMILES string of the molecule is CC(N=c1sccn1CCO)c1ccccc1. The lowest BCUT2D eigenvalue weighted by molar-refractivity contribution is 0.274. The lowest BCUT2D eigenvalue weighted by Gasteiger charge is -2.06. The van der Waals surface area contributed by atoms with E-state index in [4.69, 9.17) is 5.11 Å². The molecule has 17 heavy (non-hydrogen) atoms. The molecule has 1 atom stereocenters. The summed E-state index contributed by atoms with van der Waals surface area (Å²) in [6.45, 7) is 2.83. The molecule has 1 aromatic heterocycles. The zero-order valence-corrected chi connectivity index (χ0v) is 10.6. The van der Waals surface area contributed by atoms with E-state index < -0.39 is 0 Å². The zero-order valence-electron chi connectivity index (χ0n) is 9.78. The van der Waals surface area contributed by atoms with Gasteiger partial charge in [-0.05, 0) is 12.5 Å². The summed E-state index contributed by atoms with van der Waals surface area (Å²) in [4.78, 5) is 5.63. The van der Waals surface area contributed by atoms with Crippen LogP contribution in [0.4, 0.5) is 0 Å². The normalized spacial score (nSPS) is 13.9. The van der Waals surface area contributed by atoms with Crippen molar-refractivity contribution in [2.75, 3.05) is 6.61 Å². The second-order valence-corrected chi connectivity index (χ2v) is 4.69. The van der Waals surface area contributed by atoms with E-state index in [1.807, 2.05) is 34.3 Å². The van der Waals surface area contributed by atoms with Gasteiger partial charge >= 0.3 is 0 Å². The number of aliphatic hydroxyl groups is 1. The van der Waals surface area contributed by atoms with Gasteiger partial charge < -0.3 is 9.67 Å². The molecule has 1 aromatic carbocycles. The highest BCUT2D eigenvalue weighted by atomic mass is 32.1. The van der Waals surface area contributed by atoms with Gasteiger partial charge in [-0.1, -0.05) is 30.3 Å². The van der Waals surface area contributed by atoms with Crippen LogP contribution in [0.25, 0.3) is 0 Å². The predicted octanol–water partition coefficient (Wildman–Crippen LogP) is 2.20. The molecule has 1 N–H and O–H groups in total.